The molecule has 0 N–H and O–H groups in total. The minimum Gasteiger partial charge on any atom is -0.544 e. The zero-order valence-corrected chi connectivity index (χ0v) is 14.9. The highest BCUT2D eigenvalue weighted by Crippen LogP contribution is 2.29. The van der Waals surface area contributed by atoms with Crippen molar-refractivity contribution in [2.24, 2.45) is 0 Å². The van der Waals surface area contributed by atoms with Crippen LogP contribution in [0.1, 0.15) is 18.9 Å². The van der Waals surface area contributed by atoms with Crippen molar-refractivity contribution in [2.45, 2.75) is 45.1 Å². The Bertz CT molecular complexity index is 574. The predicted octanol–water partition coefficient (Wildman–Crippen LogP) is 4.10. The summed E-state index contributed by atoms with van der Waals surface area (Å²) in [5.74, 6) is 0.882. The molecule has 4 heteroatoms. The van der Waals surface area contributed by atoms with Crippen molar-refractivity contribution >= 4 is 14.7 Å². The molecule has 0 fully saturated rings. The number of allylic oxidation sites excluding steroid dienone is 1. The number of hydrogen-bond acceptors (Lipinski definition) is 2. The van der Waals surface area contributed by atoms with Gasteiger partial charge in [0.2, 0.25) is 14.7 Å². The van der Waals surface area contributed by atoms with Gasteiger partial charge in [-0.05, 0) is 50.7 Å². The van der Waals surface area contributed by atoms with Crippen LogP contribution in [0.2, 0.25) is 19.6 Å². The first-order valence-corrected chi connectivity index (χ1v) is 11.1. The standard InChI is InChI=1S/C18H25NO2Si/c1-18(12-8-11-17(13-18)21-22(2,3)4)19(15-20)14-16-9-6-5-7-10-16/h5-11,13,15H,12,14H2,1-4H3/t18-/m1/s1. The fourth-order valence-electron chi connectivity index (χ4n) is 2.56. The monoisotopic (exact) mass is 315 g/mol. The van der Waals surface area contributed by atoms with Gasteiger partial charge in [-0.2, -0.15) is 0 Å². The van der Waals surface area contributed by atoms with Crippen LogP contribution in [0.25, 0.3) is 0 Å². The molecule has 1 aromatic carbocycles. The molecule has 0 saturated heterocycles. The molecule has 0 heterocycles. The average Bonchev–Trinajstić information content (AvgIpc) is 2.44. The second-order valence-corrected chi connectivity index (χ2v) is 11.4. The lowest BCUT2D eigenvalue weighted by Crippen LogP contribution is -2.44. The van der Waals surface area contributed by atoms with Gasteiger partial charge in [-0.25, -0.2) is 0 Å². The number of carbonyl (C=O) groups excluding carboxylic acids is 1. The minimum atomic E-state index is -1.65. The Morgan fingerprint density at radius 2 is 1.95 bits per heavy atom. The molecule has 0 spiro atoms. The van der Waals surface area contributed by atoms with Crippen LogP contribution in [0.15, 0.2) is 54.3 Å². The summed E-state index contributed by atoms with van der Waals surface area (Å²) in [4.78, 5) is 13.5. The molecule has 1 aliphatic rings. The fraction of sp³-hybridized carbons (Fsp3) is 0.389. The van der Waals surface area contributed by atoms with Crippen LogP contribution in [-0.4, -0.2) is 25.2 Å². The van der Waals surface area contributed by atoms with E-state index >= 15 is 0 Å². The van der Waals surface area contributed by atoms with E-state index in [2.05, 4.69) is 38.7 Å². The molecule has 0 aliphatic heterocycles. The van der Waals surface area contributed by atoms with Gasteiger partial charge in [-0.15, -0.1) is 0 Å². The Labute approximate surface area is 134 Å². The van der Waals surface area contributed by atoms with Crippen LogP contribution in [0.5, 0.6) is 0 Å². The van der Waals surface area contributed by atoms with Crippen LogP contribution >= 0.6 is 0 Å². The predicted molar refractivity (Wildman–Crippen MR) is 92.7 cm³/mol. The zero-order chi connectivity index (χ0) is 16.2. The van der Waals surface area contributed by atoms with Crippen molar-refractivity contribution in [3.05, 3.63) is 59.9 Å². The van der Waals surface area contributed by atoms with Crippen molar-refractivity contribution in [2.75, 3.05) is 0 Å². The molecule has 0 radical (unpaired) electrons. The zero-order valence-electron chi connectivity index (χ0n) is 13.9. The summed E-state index contributed by atoms with van der Waals surface area (Å²) in [6.07, 6.45) is 7.94. The summed E-state index contributed by atoms with van der Waals surface area (Å²) in [7, 11) is -1.65. The molecule has 2 rings (SSSR count). The second kappa shape index (κ2) is 6.52. The number of rotatable bonds is 6. The van der Waals surface area contributed by atoms with Gasteiger partial charge in [0.15, 0.2) is 0 Å². The smallest absolute Gasteiger partial charge is 0.242 e. The maximum absolute atomic E-state index is 11.6. The lowest BCUT2D eigenvalue weighted by atomic mass is 9.90. The van der Waals surface area contributed by atoms with Crippen LogP contribution in [-0.2, 0) is 15.8 Å². The highest BCUT2D eigenvalue weighted by Gasteiger charge is 2.31. The molecule has 0 aromatic heterocycles. The minimum absolute atomic E-state index is 0.346. The summed E-state index contributed by atoms with van der Waals surface area (Å²) in [5.41, 5.74) is 0.785. The molecular weight excluding hydrogens is 290 g/mol. The van der Waals surface area contributed by atoms with Gasteiger partial charge >= 0.3 is 0 Å². The van der Waals surface area contributed by atoms with E-state index < -0.39 is 8.32 Å². The Hall–Kier alpha value is -1.81. The maximum Gasteiger partial charge on any atom is 0.242 e. The molecule has 1 aliphatic carbocycles. The molecule has 22 heavy (non-hydrogen) atoms. The van der Waals surface area contributed by atoms with Gasteiger partial charge in [0, 0.05) is 6.54 Å². The third kappa shape index (κ3) is 4.34. The van der Waals surface area contributed by atoms with E-state index in [1.165, 1.54) is 0 Å². The SMILES string of the molecule is C[C@]1(N(C=O)Cc2ccccc2)C=C(O[Si](C)(C)C)C=CC1. The summed E-state index contributed by atoms with van der Waals surface area (Å²) in [6, 6.07) is 10.1. The van der Waals surface area contributed by atoms with E-state index in [1.54, 1.807) is 0 Å². The number of hydrogen-bond donors (Lipinski definition) is 0. The Kier molecular flexibility index (Phi) is 4.91. The van der Waals surface area contributed by atoms with E-state index in [9.17, 15) is 4.79 Å². The summed E-state index contributed by atoms with van der Waals surface area (Å²) in [6.45, 7) is 9.17. The maximum atomic E-state index is 11.6. The van der Waals surface area contributed by atoms with E-state index in [4.69, 9.17) is 4.43 Å². The molecule has 1 aromatic rings. The van der Waals surface area contributed by atoms with Crippen LogP contribution in [0.4, 0.5) is 0 Å². The van der Waals surface area contributed by atoms with Crippen LogP contribution in [0.3, 0.4) is 0 Å². The fourth-order valence-corrected chi connectivity index (χ4v) is 3.40. The Balaban J connectivity index is 2.20. The second-order valence-electron chi connectivity index (χ2n) is 6.94. The first-order chi connectivity index (χ1) is 10.3. The van der Waals surface area contributed by atoms with E-state index in [1.807, 2.05) is 41.3 Å². The highest BCUT2D eigenvalue weighted by atomic mass is 28.4. The van der Waals surface area contributed by atoms with E-state index in [0.717, 1.165) is 24.2 Å². The molecular formula is C18H25NO2Si. The van der Waals surface area contributed by atoms with Crippen LogP contribution in [0, 0.1) is 0 Å². The number of benzene rings is 1. The molecule has 0 bridgehead atoms. The van der Waals surface area contributed by atoms with Crippen molar-refractivity contribution < 1.29 is 9.22 Å². The van der Waals surface area contributed by atoms with Crippen molar-refractivity contribution in [1.29, 1.82) is 0 Å². The topological polar surface area (TPSA) is 29.5 Å². The quantitative estimate of drug-likeness (QED) is 0.584. The van der Waals surface area contributed by atoms with Gasteiger partial charge in [0.05, 0.1) is 5.54 Å². The molecule has 0 unspecified atom stereocenters. The third-order valence-corrected chi connectivity index (χ3v) is 4.52. The lowest BCUT2D eigenvalue weighted by Gasteiger charge is -2.38. The number of nitrogens with zero attached hydrogens (tertiary/aromatic N) is 1. The van der Waals surface area contributed by atoms with Crippen molar-refractivity contribution in [3.8, 4) is 0 Å². The summed E-state index contributed by atoms with van der Waals surface area (Å²) >= 11 is 0. The lowest BCUT2D eigenvalue weighted by molar-refractivity contribution is -0.122. The molecule has 1 amide bonds. The summed E-state index contributed by atoms with van der Waals surface area (Å²) in [5, 5.41) is 0. The largest absolute Gasteiger partial charge is 0.544 e. The average molecular weight is 315 g/mol. The first-order valence-electron chi connectivity index (χ1n) is 7.67. The molecule has 1 atom stereocenters. The van der Waals surface area contributed by atoms with Gasteiger partial charge in [0.25, 0.3) is 0 Å². The van der Waals surface area contributed by atoms with Gasteiger partial charge in [0.1, 0.15) is 5.76 Å². The van der Waals surface area contributed by atoms with Crippen molar-refractivity contribution in [3.63, 3.8) is 0 Å². The molecule has 0 saturated carbocycles. The van der Waals surface area contributed by atoms with Gasteiger partial charge < -0.3 is 9.33 Å². The van der Waals surface area contributed by atoms with E-state index in [-0.39, 0.29) is 5.54 Å². The Morgan fingerprint density at radius 1 is 1.27 bits per heavy atom. The van der Waals surface area contributed by atoms with Gasteiger partial charge in [-0.3, -0.25) is 4.79 Å². The summed E-state index contributed by atoms with van der Waals surface area (Å²) < 4.78 is 6.09. The Morgan fingerprint density at radius 3 is 2.55 bits per heavy atom. The van der Waals surface area contributed by atoms with Gasteiger partial charge in [-0.1, -0.05) is 36.4 Å². The van der Waals surface area contributed by atoms with Crippen LogP contribution < -0.4 is 0 Å². The third-order valence-electron chi connectivity index (χ3n) is 3.67. The normalized spacial score (nSPS) is 21.2. The molecule has 3 nitrogen and oxygen atoms in total. The highest BCUT2D eigenvalue weighted by molar-refractivity contribution is 6.70. The molecule has 118 valence electrons. The number of amides is 1. The van der Waals surface area contributed by atoms with E-state index in [0.29, 0.717) is 6.54 Å². The van der Waals surface area contributed by atoms with Crippen molar-refractivity contribution in [1.82, 2.24) is 4.90 Å². The number of carbonyl (C=O) groups is 1. The first kappa shape index (κ1) is 16.6.